The lowest BCUT2D eigenvalue weighted by atomic mass is 10.1. The van der Waals surface area contributed by atoms with Crippen LogP contribution in [0.1, 0.15) is 6.42 Å². The lowest BCUT2D eigenvalue weighted by molar-refractivity contribution is -0.136. The highest BCUT2D eigenvalue weighted by Crippen LogP contribution is 2.14. The molecule has 0 aliphatic heterocycles. The number of carbonyl (C=O) groups excluding carboxylic acids is 2. The van der Waals surface area contributed by atoms with Gasteiger partial charge in [0.15, 0.2) is 0 Å². The second kappa shape index (κ2) is 5.75. The first-order valence-corrected chi connectivity index (χ1v) is 4.67. The van der Waals surface area contributed by atoms with Crippen molar-refractivity contribution in [2.24, 2.45) is 0 Å². The van der Waals surface area contributed by atoms with E-state index in [9.17, 15) is 9.59 Å². The van der Waals surface area contributed by atoms with Crippen molar-refractivity contribution in [3.63, 3.8) is 0 Å². The monoisotopic (exact) mass is 223 g/mol. The summed E-state index contributed by atoms with van der Waals surface area (Å²) in [4.78, 5) is 22.3. The van der Waals surface area contributed by atoms with Crippen LogP contribution in [0.5, 0.6) is 0 Å². The lowest BCUT2D eigenvalue weighted by Crippen LogP contribution is -2.23. The second-order valence-electron chi connectivity index (χ2n) is 3.05. The van der Waals surface area contributed by atoms with E-state index in [1.54, 1.807) is 24.3 Å². The highest BCUT2D eigenvalue weighted by molar-refractivity contribution is 5.89. The Kier molecular flexibility index (Phi) is 4.32. The van der Waals surface area contributed by atoms with E-state index in [4.69, 9.17) is 0 Å². The van der Waals surface area contributed by atoms with Gasteiger partial charge in [0.1, 0.15) is 0 Å². The molecule has 0 unspecified atom stereocenters. The Bertz CT molecular complexity index is 379. The van der Waals surface area contributed by atoms with E-state index in [-0.39, 0.29) is 0 Å². The molecule has 0 atom stereocenters. The van der Waals surface area contributed by atoms with Crippen molar-refractivity contribution in [1.82, 2.24) is 5.32 Å². The van der Waals surface area contributed by atoms with Gasteiger partial charge in [-0.2, -0.15) is 0 Å². The van der Waals surface area contributed by atoms with Crippen LogP contribution in [-0.2, 0) is 14.3 Å². The number of carbonyl (C=O) groups is 2. The van der Waals surface area contributed by atoms with Crippen molar-refractivity contribution in [2.75, 3.05) is 14.2 Å². The number of esters is 1. The van der Waals surface area contributed by atoms with Crippen molar-refractivity contribution in [3.8, 4) is 0 Å². The molecule has 1 aliphatic rings. The first-order valence-electron chi connectivity index (χ1n) is 4.67. The highest BCUT2D eigenvalue weighted by atomic mass is 16.5. The Morgan fingerprint density at radius 1 is 1.19 bits per heavy atom. The maximum Gasteiger partial charge on any atom is 0.411 e. The molecule has 0 aromatic rings. The Hall–Kier alpha value is -2.04. The molecule has 16 heavy (non-hydrogen) atoms. The average Bonchev–Trinajstić information content (AvgIpc) is 2.53. The summed E-state index contributed by atoms with van der Waals surface area (Å²) in [6, 6.07) is 0. The summed E-state index contributed by atoms with van der Waals surface area (Å²) in [7, 11) is 2.59. The van der Waals surface area contributed by atoms with Crippen LogP contribution in [0.15, 0.2) is 35.6 Å². The molecule has 86 valence electrons. The highest BCUT2D eigenvalue weighted by Gasteiger charge is 2.14. The SMILES string of the molecule is COC(=O)NC1=CC=CC=C(C(=O)OC)C1. The molecule has 0 aromatic heterocycles. The molecule has 0 spiro atoms. The van der Waals surface area contributed by atoms with Crippen molar-refractivity contribution >= 4 is 12.1 Å². The fourth-order valence-electron chi connectivity index (χ4n) is 1.21. The number of nitrogens with one attached hydrogen (secondary N) is 1. The average molecular weight is 223 g/mol. The first-order chi connectivity index (χ1) is 7.67. The van der Waals surface area contributed by atoms with Crippen LogP contribution in [0.3, 0.4) is 0 Å². The van der Waals surface area contributed by atoms with Gasteiger partial charge in [-0.05, 0) is 6.08 Å². The minimum absolute atomic E-state index is 0.300. The van der Waals surface area contributed by atoms with E-state index in [0.29, 0.717) is 17.7 Å². The van der Waals surface area contributed by atoms with Gasteiger partial charge >= 0.3 is 12.1 Å². The van der Waals surface area contributed by atoms with Crippen LogP contribution in [-0.4, -0.2) is 26.3 Å². The van der Waals surface area contributed by atoms with Crippen LogP contribution >= 0.6 is 0 Å². The van der Waals surface area contributed by atoms with Gasteiger partial charge in [-0.15, -0.1) is 0 Å². The molecule has 1 rings (SSSR count). The van der Waals surface area contributed by atoms with Gasteiger partial charge in [0, 0.05) is 17.7 Å². The van der Waals surface area contributed by atoms with E-state index in [1.165, 1.54) is 14.2 Å². The quantitative estimate of drug-likeness (QED) is 0.716. The van der Waals surface area contributed by atoms with Crippen molar-refractivity contribution in [1.29, 1.82) is 0 Å². The van der Waals surface area contributed by atoms with E-state index in [0.717, 1.165) is 0 Å². The number of hydrogen-bond acceptors (Lipinski definition) is 4. The molecule has 1 amide bonds. The van der Waals surface area contributed by atoms with Gasteiger partial charge in [-0.1, -0.05) is 18.2 Å². The third-order valence-corrected chi connectivity index (χ3v) is 1.98. The Labute approximate surface area is 93.4 Å². The van der Waals surface area contributed by atoms with Gasteiger partial charge in [0.05, 0.1) is 14.2 Å². The van der Waals surface area contributed by atoms with Crippen LogP contribution < -0.4 is 5.32 Å². The molecular formula is C11H13NO4. The molecule has 0 fully saturated rings. The molecule has 0 saturated carbocycles. The number of allylic oxidation sites excluding steroid dienone is 5. The Morgan fingerprint density at radius 2 is 1.88 bits per heavy atom. The summed E-state index contributed by atoms with van der Waals surface area (Å²) in [6.45, 7) is 0. The molecule has 0 radical (unpaired) electrons. The van der Waals surface area contributed by atoms with E-state index in [2.05, 4.69) is 14.8 Å². The van der Waals surface area contributed by atoms with Gasteiger partial charge in [-0.3, -0.25) is 5.32 Å². The van der Waals surface area contributed by atoms with Crippen molar-refractivity contribution < 1.29 is 19.1 Å². The summed E-state index contributed by atoms with van der Waals surface area (Å²) in [5.41, 5.74) is 1.05. The number of methoxy groups -OCH3 is 2. The zero-order valence-corrected chi connectivity index (χ0v) is 9.15. The summed E-state index contributed by atoms with van der Waals surface area (Å²) in [5.74, 6) is -0.413. The minimum atomic E-state index is -0.564. The van der Waals surface area contributed by atoms with E-state index in [1.807, 2.05) is 0 Å². The van der Waals surface area contributed by atoms with E-state index >= 15 is 0 Å². The van der Waals surface area contributed by atoms with Gasteiger partial charge < -0.3 is 9.47 Å². The smallest absolute Gasteiger partial charge is 0.411 e. The number of ether oxygens (including phenoxy) is 2. The molecule has 0 aromatic carbocycles. The molecule has 5 nitrogen and oxygen atoms in total. The Morgan fingerprint density at radius 3 is 2.50 bits per heavy atom. The fourth-order valence-corrected chi connectivity index (χ4v) is 1.21. The maximum absolute atomic E-state index is 11.3. The third kappa shape index (κ3) is 3.27. The van der Waals surface area contributed by atoms with Crippen molar-refractivity contribution in [2.45, 2.75) is 6.42 Å². The van der Waals surface area contributed by atoms with E-state index < -0.39 is 12.1 Å². The fraction of sp³-hybridized carbons (Fsp3) is 0.273. The molecule has 0 bridgehead atoms. The Balaban J connectivity index is 2.73. The second-order valence-corrected chi connectivity index (χ2v) is 3.05. The summed E-state index contributed by atoms with van der Waals surface area (Å²) in [6.07, 6.45) is 6.51. The molecular weight excluding hydrogens is 210 g/mol. The van der Waals surface area contributed by atoms with Crippen molar-refractivity contribution in [3.05, 3.63) is 35.6 Å². The molecule has 0 saturated heterocycles. The topological polar surface area (TPSA) is 64.6 Å². The van der Waals surface area contributed by atoms with Gasteiger partial charge in [0.2, 0.25) is 0 Å². The number of hydrogen-bond donors (Lipinski definition) is 1. The predicted molar refractivity (Wildman–Crippen MR) is 57.5 cm³/mol. The molecule has 5 heteroatoms. The summed E-state index contributed by atoms with van der Waals surface area (Å²) >= 11 is 0. The molecule has 0 heterocycles. The predicted octanol–water partition coefficient (Wildman–Crippen LogP) is 1.29. The minimum Gasteiger partial charge on any atom is -0.466 e. The number of amides is 1. The largest absolute Gasteiger partial charge is 0.466 e. The van der Waals surface area contributed by atoms with Crippen LogP contribution in [0.4, 0.5) is 4.79 Å². The maximum atomic E-state index is 11.3. The van der Waals surface area contributed by atoms with Gasteiger partial charge in [-0.25, -0.2) is 9.59 Å². The van der Waals surface area contributed by atoms with Gasteiger partial charge in [0.25, 0.3) is 0 Å². The molecule has 1 N–H and O–H groups in total. The normalized spacial score (nSPS) is 14.4. The van der Waals surface area contributed by atoms with Crippen LogP contribution in [0.2, 0.25) is 0 Å². The number of rotatable bonds is 2. The zero-order valence-electron chi connectivity index (χ0n) is 9.15. The summed E-state index contributed by atoms with van der Waals surface area (Å²) < 4.78 is 9.08. The standard InChI is InChI=1S/C11H13NO4/c1-15-10(13)8-5-3-4-6-9(7-8)12-11(14)16-2/h3-6H,7H2,1-2H3,(H,12,14). The van der Waals surface area contributed by atoms with Crippen LogP contribution in [0.25, 0.3) is 0 Å². The first kappa shape index (κ1) is 12.0. The summed E-state index contributed by atoms with van der Waals surface area (Å²) in [5, 5.41) is 2.52. The molecule has 1 aliphatic carbocycles. The third-order valence-electron chi connectivity index (χ3n) is 1.98. The number of alkyl carbamates (subject to hydrolysis) is 1. The van der Waals surface area contributed by atoms with Crippen LogP contribution in [0, 0.1) is 0 Å². The lowest BCUT2D eigenvalue weighted by Gasteiger charge is -2.08. The zero-order chi connectivity index (χ0) is 12.0.